The number of fused-ring (bicyclic) bond motifs is 1. The predicted molar refractivity (Wildman–Crippen MR) is 99.3 cm³/mol. The summed E-state index contributed by atoms with van der Waals surface area (Å²) >= 11 is 0. The normalized spacial score (nSPS) is 10.8. The number of rotatable bonds is 3. The van der Waals surface area contributed by atoms with Crippen molar-refractivity contribution in [3.05, 3.63) is 88.7 Å². The fourth-order valence-electron chi connectivity index (χ4n) is 2.89. The lowest BCUT2D eigenvalue weighted by Crippen LogP contribution is -2.11. The first kappa shape index (κ1) is 15.9. The molecule has 1 amide bonds. The predicted octanol–water partition coefficient (Wildman–Crippen LogP) is 4.61. The Hall–Kier alpha value is -3.60. The molecule has 2 aromatic carbocycles. The zero-order chi connectivity index (χ0) is 18.1. The second-order valence-corrected chi connectivity index (χ2v) is 5.95. The number of carbonyl (C=O) groups is 1. The van der Waals surface area contributed by atoms with Crippen LogP contribution in [0.15, 0.2) is 80.6 Å². The molecule has 5 nitrogen and oxygen atoms in total. The van der Waals surface area contributed by atoms with E-state index in [-0.39, 0.29) is 17.3 Å². The molecule has 128 valence electrons. The molecular weight excluding hydrogens is 330 g/mol. The molecule has 0 aliphatic carbocycles. The average molecular weight is 345 g/mol. The third-order valence-corrected chi connectivity index (χ3v) is 4.16. The van der Waals surface area contributed by atoms with Crippen molar-refractivity contribution in [1.29, 1.82) is 0 Å². The quantitative estimate of drug-likeness (QED) is 0.550. The van der Waals surface area contributed by atoms with Gasteiger partial charge in [0.2, 0.25) is 0 Å². The number of hydrogen-bond donors (Lipinski definition) is 1. The maximum absolute atomic E-state index is 12.4. The molecule has 26 heavy (non-hydrogen) atoms. The van der Waals surface area contributed by atoms with Crippen LogP contribution in [0, 0.1) is 6.92 Å². The summed E-state index contributed by atoms with van der Waals surface area (Å²) in [6.07, 6.45) is 1.45. The Balaban J connectivity index is 1.69. The van der Waals surface area contributed by atoms with Crippen LogP contribution < -0.4 is 10.9 Å². The molecule has 0 radical (unpaired) electrons. The number of carbonyl (C=O) groups excluding carboxylic acids is 1. The maximum atomic E-state index is 12.4. The summed E-state index contributed by atoms with van der Waals surface area (Å²) in [7, 11) is 0. The highest BCUT2D eigenvalue weighted by Crippen LogP contribution is 2.26. The van der Waals surface area contributed by atoms with Crippen molar-refractivity contribution < 1.29 is 13.6 Å². The maximum Gasteiger partial charge on any atom is 0.344 e. The van der Waals surface area contributed by atoms with Gasteiger partial charge in [-0.05, 0) is 54.4 Å². The zero-order valence-corrected chi connectivity index (χ0v) is 14.0. The lowest BCUT2D eigenvalue weighted by molar-refractivity contribution is 0.0996. The summed E-state index contributed by atoms with van der Waals surface area (Å²) < 4.78 is 10.5. The Bertz CT molecular complexity index is 1160. The van der Waals surface area contributed by atoms with E-state index in [4.69, 9.17) is 8.83 Å². The van der Waals surface area contributed by atoms with Gasteiger partial charge < -0.3 is 14.2 Å². The van der Waals surface area contributed by atoms with E-state index in [1.165, 1.54) is 6.26 Å². The largest absolute Gasteiger partial charge is 0.459 e. The van der Waals surface area contributed by atoms with E-state index in [1.54, 1.807) is 30.3 Å². The average Bonchev–Trinajstić information content (AvgIpc) is 3.16. The fraction of sp³-hybridized carbons (Fsp3) is 0.0476. The molecule has 0 atom stereocenters. The van der Waals surface area contributed by atoms with Gasteiger partial charge in [0.1, 0.15) is 5.58 Å². The Morgan fingerprint density at radius 1 is 0.962 bits per heavy atom. The van der Waals surface area contributed by atoms with Gasteiger partial charge in [0.05, 0.1) is 11.8 Å². The van der Waals surface area contributed by atoms with Gasteiger partial charge in [-0.1, -0.05) is 24.3 Å². The van der Waals surface area contributed by atoms with E-state index in [0.29, 0.717) is 16.8 Å². The second-order valence-electron chi connectivity index (χ2n) is 5.95. The van der Waals surface area contributed by atoms with E-state index in [9.17, 15) is 9.59 Å². The van der Waals surface area contributed by atoms with Crippen LogP contribution in [0.1, 0.15) is 16.1 Å². The van der Waals surface area contributed by atoms with Crippen LogP contribution in [0.5, 0.6) is 0 Å². The van der Waals surface area contributed by atoms with Gasteiger partial charge >= 0.3 is 5.63 Å². The first-order valence-corrected chi connectivity index (χ1v) is 8.10. The van der Waals surface area contributed by atoms with Crippen molar-refractivity contribution in [1.82, 2.24) is 0 Å². The molecule has 0 fully saturated rings. The molecule has 0 aliphatic heterocycles. The van der Waals surface area contributed by atoms with E-state index in [0.717, 1.165) is 16.5 Å². The van der Waals surface area contributed by atoms with Crippen molar-refractivity contribution in [2.75, 3.05) is 5.32 Å². The molecular formula is C21H15NO4. The summed E-state index contributed by atoms with van der Waals surface area (Å²) in [5.74, 6) is -0.0886. The van der Waals surface area contributed by atoms with Gasteiger partial charge in [0.25, 0.3) is 5.91 Å². The van der Waals surface area contributed by atoms with Crippen molar-refractivity contribution in [3.63, 3.8) is 0 Å². The minimum Gasteiger partial charge on any atom is -0.459 e. The summed E-state index contributed by atoms with van der Waals surface area (Å²) in [6, 6.07) is 17.8. The molecule has 0 bridgehead atoms. The molecule has 0 unspecified atom stereocenters. The van der Waals surface area contributed by atoms with Crippen LogP contribution in [0.3, 0.4) is 0 Å². The van der Waals surface area contributed by atoms with Gasteiger partial charge in [-0.2, -0.15) is 0 Å². The number of anilines is 1. The van der Waals surface area contributed by atoms with Gasteiger partial charge in [-0.15, -0.1) is 0 Å². The number of hydrogen-bond acceptors (Lipinski definition) is 4. The van der Waals surface area contributed by atoms with Gasteiger partial charge in [0, 0.05) is 11.1 Å². The number of furan rings is 1. The minimum absolute atomic E-state index is 0.238. The van der Waals surface area contributed by atoms with E-state index in [2.05, 4.69) is 5.32 Å². The molecule has 2 aromatic heterocycles. The first-order valence-electron chi connectivity index (χ1n) is 8.10. The Morgan fingerprint density at radius 2 is 1.81 bits per heavy atom. The van der Waals surface area contributed by atoms with Gasteiger partial charge in [-0.3, -0.25) is 4.79 Å². The Kier molecular flexibility index (Phi) is 3.89. The Labute approximate surface area is 148 Å². The van der Waals surface area contributed by atoms with Crippen LogP contribution in [0.4, 0.5) is 5.69 Å². The molecule has 0 spiro atoms. The lowest BCUT2D eigenvalue weighted by atomic mass is 10.0. The standard InChI is InChI=1S/C21H15NO4/c1-13-11-15(22-20(23)19-7-4-10-25-19)8-9-16(13)17-12-14-5-2-3-6-18(14)26-21(17)24/h2-12H,1H3,(H,22,23). The number of nitrogens with one attached hydrogen (secondary N) is 1. The minimum atomic E-state index is -0.390. The third-order valence-electron chi connectivity index (χ3n) is 4.16. The highest BCUT2D eigenvalue weighted by Gasteiger charge is 2.13. The highest BCUT2D eigenvalue weighted by atomic mass is 16.4. The summed E-state index contributed by atoms with van der Waals surface area (Å²) in [5, 5.41) is 3.63. The van der Waals surface area contributed by atoms with Crippen LogP contribution in [0.2, 0.25) is 0 Å². The number of amides is 1. The smallest absolute Gasteiger partial charge is 0.344 e. The van der Waals surface area contributed by atoms with Crippen LogP contribution >= 0.6 is 0 Å². The fourth-order valence-corrected chi connectivity index (χ4v) is 2.89. The lowest BCUT2D eigenvalue weighted by Gasteiger charge is -2.09. The van der Waals surface area contributed by atoms with Crippen molar-refractivity contribution >= 4 is 22.6 Å². The van der Waals surface area contributed by atoms with Crippen LogP contribution in [-0.2, 0) is 0 Å². The first-order chi connectivity index (χ1) is 12.6. The van der Waals surface area contributed by atoms with E-state index in [1.807, 2.05) is 37.3 Å². The number of para-hydroxylation sites is 1. The van der Waals surface area contributed by atoms with Gasteiger partial charge in [-0.25, -0.2) is 4.79 Å². The monoisotopic (exact) mass is 345 g/mol. The van der Waals surface area contributed by atoms with E-state index >= 15 is 0 Å². The summed E-state index contributed by atoms with van der Waals surface area (Å²) in [6.45, 7) is 1.88. The SMILES string of the molecule is Cc1cc(NC(=O)c2ccco2)ccc1-c1cc2ccccc2oc1=O. The molecule has 5 heteroatoms. The summed E-state index contributed by atoms with van der Waals surface area (Å²) in [5.41, 5.74) is 2.90. The van der Waals surface area contributed by atoms with Crippen LogP contribution in [0.25, 0.3) is 22.1 Å². The van der Waals surface area contributed by atoms with Crippen LogP contribution in [-0.4, -0.2) is 5.91 Å². The van der Waals surface area contributed by atoms with Crippen molar-refractivity contribution in [3.8, 4) is 11.1 Å². The molecule has 0 aliphatic rings. The number of aryl methyl sites for hydroxylation is 1. The highest BCUT2D eigenvalue weighted by molar-refractivity contribution is 6.02. The zero-order valence-electron chi connectivity index (χ0n) is 14.0. The molecule has 4 aromatic rings. The molecule has 4 rings (SSSR count). The Morgan fingerprint density at radius 3 is 2.58 bits per heavy atom. The second kappa shape index (κ2) is 6.37. The summed E-state index contributed by atoms with van der Waals surface area (Å²) in [4.78, 5) is 24.4. The van der Waals surface area contributed by atoms with Crippen molar-refractivity contribution in [2.45, 2.75) is 6.92 Å². The molecule has 0 saturated heterocycles. The number of benzene rings is 2. The van der Waals surface area contributed by atoms with Crippen molar-refractivity contribution in [2.24, 2.45) is 0 Å². The molecule has 2 heterocycles. The topological polar surface area (TPSA) is 72.5 Å². The van der Waals surface area contributed by atoms with E-state index < -0.39 is 0 Å². The van der Waals surface area contributed by atoms with Gasteiger partial charge in [0.15, 0.2) is 5.76 Å². The third kappa shape index (κ3) is 2.91. The molecule has 1 N–H and O–H groups in total. The molecule has 0 saturated carbocycles.